The second-order valence-corrected chi connectivity index (χ2v) is 8.74. The number of aryl methyl sites for hydroxylation is 1. The van der Waals surface area contributed by atoms with E-state index in [1.807, 2.05) is 13.2 Å². The first-order valence-corrected chi connectivity index (χ1v) is 11.3. The Morgan fingerprint density at radius 3 is 2.71 bits per heavy atom. The number of nitrogens with one attached hydrogen (secondary N) is 2. The highest BCUT2D eigenvalue weighted by Gasteiger charge is 2.12. The molecular weight excluding hydrogens is 362 g/mol. The van der Waals surface area contributed by atoms with E-state index in [2.05, 4.69) is 15.3 Å². The van der Waals surface area contributed by atoms with E-state index in [1.165, 1.54) is 17.2 Å². The van der Waals surface area contributed by atoms with Gasteiger partial charge in [0.25, 0.3) is 0 Å². The third kappa shape index (κ3) is 5.61. The summed E-state index contributed by atoms with van der Waals surface area (Å²) < 4.78 is 24.7. The quantitative estimate of drug-likeness (QED) is 0.648. The van der Waals surface area contributed by atoms with Gasteiger partial charge in [0.2, 0.25) is 9.84 Å². The highest BCUT2D eigenvalue weighted by Crippen LogP contribution is 2.17. The van der Waals surface area contributed by atoms with E-state index in [0.29, 0.717) is 16.5 Å². The zero-order valence-corrected chi connectivity index (χ0v) is 16.1. The molecule has 0 aliphatic carbocycles. The zero-order valence-electron chi connectivity index (χ0n) is 13.7. The van der Waals surface area contributed by atoms with Crippen molar-refractivity contribution < 1.29 is 8.42 Å². The summed E-state index contributed by atoms with van der Waals surface area (Å²) in [6.45, 7) is 2.68. The van der Waals surface area contributed by atoms with Gasteiger partial charge in [-0.15, -0.1) is 11.8 Å². The third-order valence-corrected chi connectivity index (χ3v) is 6.59. The first-order valence-electron chi connectivity index (χ1n) is 7.39. The smallest absolute Gasteiger partial charge is 0.202 e. The molecule has 24 heavy (non-hydrogen) atoms. The molecule has 0 amide bonds. The molecule has 130 valence electrons. The molecule has 0 saturated carbocycles. The number of imidazole rings is 1. The molecule has 1 aromatic carbocycles. The second kappa shape index (κ2) is 9.19. The van der Waals surface area contributed by atoms with Crippen LogP contribution in [0.1, 0.15) is 11.4 Å². The van der Waals surface area contributed by atoms with Crippen molar-refractivity contribution in [2.45, 2.75) is 17.6 Å². The van der Waals surface area contributed by atoms with Gasteiger partial charge in [0.05, 0.1) is 27.4 Å². The van der Waals surface area contributed by atoms with E-state index in [-0.39, 0.29) is 0 Å². The van der Waals surface area contributed by atoms with Gasteiger partial charge in [-0.05, 0) is 25.3 Å². The highest BCUT2D eigenvalue weighted by atomic mass is 32.2. The maximum absolute atomic E-state index is 12.3. The van der Waals surface area contributed by atoms with Crippen LogP contribution in [0.2, 0.25) is 0 Å². The summed E-state index contributed by atoms with van der Waals surface area (Å²) in [5.41, 5.74) is 2.15. The van der Waals surface area contributed by atoms with Crippen LogP contribution in [0.25, 0.3) is 0 Å². The van der Waals surface area contributed by atoms with Gasteiger partial charge in [-0.25, -0.2) is 13.4 Å². The lowest BCUT2D eigenvalue weighted by Crippen LogP contribution is -2.16. The zero-order chi connectivity index (χ0) is 17.4. The van der Waals surface area contributed by atoms with Crippen molar-refractivity contribution in [3.63, 3.8) is 0 Å². The number of benzene rings is 1. The first kappa shape index (κ1) is 19.0. The molecule has 1 heterocycles. The molecule has 2 aromatic rings. The third-order valence-electron chi connectivity index (χ3n) is 3.28. The van der Waals surface area contributed by atoms with Crippen molar-refractivity contribution in [1.82, 2.24) is 15.3 Å². The summed E-state index contributed by atoms with van der Waals surface area (Å²) in [5.74, 6) is 1.75. The number of thioether (sulfide) groups is 2. The molecule has 2 rings (SSSR count). The summed E-state index contributed by atoms with van der Waals surface area (Å²) in [6.07, 6.45) is 3.56. The van der Waals surface area contributed by atoms with Crippen LogP contribution in [-0.4, -0.2) is 36.9 Å². The Bertz CT molecular complexity index is 771. The van der Waals surface area contributed by atoms with Gasteiger partial charge < -0.3 is 10.3 Å². The van der Waals surface area contributed by atoms with Crippen LogP contribution in [0.15, 0.2) is 52.0 Å². The number of rotatable bonds is 9. The molecule has 0 spiro atoms. The summed E-state index contributed by atoms with van der Waals surface area (Å²) in [4.78, 5) is 7.59. The minimum Gasteiger partial charge on any atom is -0.378 e. The molecule has 1 aromatic heterocycles. The molecule has 8 heteroatoms. The minimum absolute atomic E-state index is 0.308. The SMILES string of the molecule is CS/C(=C/S(=O)(=O)c1ccccc1)NCCSCc1[nH]cnc1C. The van der Waals surface area contributed by atoms with Crippen molar-refractivity contribution >= 4 is 33.4 Å². The minimum atomic E-state index is -3.42. The average molecular weight is 384 g/mol. The van der Waals surface area contributed by atoms with Crippen LogP contribution >= 0.6 is 23.5 Å². The number of aromatic amines is 1. The van der Waals surface area contributed by atoms with E-state index in [4.69, 9.17) is 0 Å². The molecule has 0 aliphatic heterocycles. The van der Waals surface area contributed by atoms with Crippen LogP contribution < -0.4 is 5.32 Å². The number of sulfone groups is 1. The fraction of sp³-hybridized carbons (Fsp3) is 0.312. The van der Waals surface area contributed by atoms with E-state index >= 15 is 0 Å². The standard InChI is InChI=1S/C16H21N3O2S3/c1-13-15(19-12-18-13)10-23-9-8-17-16(22-2)11-24(20,21)14-6-4-3-5-7-14/h3-7,11-12,17H,8-10H2,1-2H3,(H,18,19)/b16-11+. The van der Waals surface area contributed by atoms with Crippen molar-refractivity contribution in [3.8, 4) is 0 Å². The number of nitrogens with zero attached hydrogens (tertiary/aromatic N) is 1. The number of aromatic nitrogens is 2. The normalized spacial score (nSPS) is 12.3. The lowest BCUT2D eigenvalue weighted by molar-refractivity contribution is 0.604. The molecule has 0 fully saturated rings. The van der Waals surface area contributed by atoms with E-state index < -0.39 is 9.84 Å². The van der Waals surface area contributed by atoms with Gasteiger partial charge in [-0.1, -0.05) is 18.2 Å². The lowest BCUT2D eigenvalue weighted by atomic mass is 10.4. The second-order valence-electron chi connectivity index (χ2n) is 4.99. The first-order chi connectivity index (χ1) is 11.5. The van der Waals surface area contributed by atoms with Crippen molar-refractivity contribution in [3.05, 3.63) is 58.5 Å². The maximum Gasteiger partial charge on any atom is 0.202 e. The van der Waals surface area contributed by atoms with Gasteiger partial charge in [-0.2, -0.15) is 11.8 Å². The molecule has 0 bridgehead atoms. The van der Waals surface area contributed by atoms with Crippen LogP contribution in [0.5, 0.6) is 0 Å². The predicted octanol–water partition coefficient (Wildman–Crippen LogP) is 3.18. The van der Waals surface area contributed by atoms with Gasteiger partial charge in [0, 0.05) is 23.7 Å². The molecule has 0 radical (unpaired) electrons. The lowest BCUT2D eigenvalue weighted by Gasteiger charge is -2.09. The Morgan fingerprint density at radius 2 is 2.08 bits per heavy atom. The van der Waals surface area contributed by atoms with E-state index in [1.54, 1.807) is 48.4 Å². The maximum atomic E-state index is 12.3. The monoisotopic (exact) mass is 383 g/mol. The van der Waals surface area contributed by atoms with Gasteiger partial charge in [0.1, 0.15) is 0 Å². The molecule has 5 nitrogen and oxygen atoms in total. The molecule has 0 aliphatic rings. The van der Waals surface area contributed by atoms with Gasteiger partial charge in [-0.3, -0.25) is 0 Å². The average Bonchev–Trinajstić information content (AvgIpc) is 2.99. The van der Waals surface area contributed by atoms with Crippen LogP contribution in [-0.2, 0) is 15.6 Å². The number of H-pyrrole nitrogens is 1. The molecule has 0 saturated heterocycles. The Morgan fingerprint density at radius 1 is 1.33 bits per heavy atom. The van der Waals surface area contributed by atoms with Crippen LogP contribution in [0.4, 0.5) is 0 Å². The van der Waals surface area contributed by atoms with Crippen LogP contribution in [0.3, 0.4) is 0 Å². The predicted molar refractivity (Wildman–Crippen MR) is 103 cm³/mol. The highest BCUT2D eigenvalue weighted by molar-refractivity contribution is 8.03. The van der Waals surface area contributed by atoms with Gasteiger partial charge in [0.15, 0.2) is 0 Å². The Labute approximate surface area is 151 Å². The fourth-order valence-electron chi connectivity index (χ4n) is 1.94. The molecule has 0 unspecified atom stereocenters. The largest absolute Gasteiger partial charge is 0.378 e. The molecule has 2 N–H and O–H groups in total. The summed E-state index contributed by atoms with van der Waals surface area (Å²) in [5, 5.41) is 5.14. The summed E-state index contributed by atoms with van der Waals surface area (Å²) >= 11 is 3.17. The molecule has 0 atom stereocenters. The Balaban J connectivity index is 1.84. The van der Waals surface area contributed by atoms with Gasteiger partial charge >= 0.3 is 0 Å². The topological polar surface area (TPSA) is 74.8 Å². The number of hydrogen-bond donors (Lipinski definition) is 2. The van der Waals surface area contributed by atoms with Crippen molar-refractivity contribution in [2.75, 3.05) is 18.6 Å². The van der Waals surface area contributed by atoms with Crippen molar-refractivity contribution in [1.29, 1.82) is 0 Å². The molecular formula is C16H21N3O2S3. The van der Waals surface area contributed by atoms with Crippen LogP contribution in [0, 0.1) is 6.92 Å². The fourth-order valence-corrected chi connectivity index (χ4v) is 4.87. The number of hydrogen-bond acceptors (Lipinski definition) is 6. The van der Waals surface area contributed by atoms with Crippen molar-refractivity contribution in [2.24, 2.45) is 0 Å². The summed E-state index contributed by atoms with van der Waals surface area (Å²) in [6, 6.07) is 8.45. The van der Waals surface area contributed by atoms with E-state index in [0.717, 1.165) is 22.9 Å². The summed E-state index contributed by atoms with van der Waals surface area (Å²) in [7, 11) is -3.42. The Hall–Kier alpha value is -1.38. The Kier molecular flexibility index (Phi) is 7.26. The van der Waals surface area contributed by atoms with E-state index in [9.17, 15) is 8.42 Å².